The van der Waals surface area contributed by atoms with Crippen molar-refractivity contribution in [3.63, 3.8) is 0 Å². The van der Waals surface area contributed by atoms with Gasteiger partial charge in [0.25, 0.3) is 5.69 Å². The maximum atomic E-state index is 11.1. The lowest BCUT2D eigenvalue weighted by Gasteiger charge is -2.22. The van der Waals surface area contributed by atoms with Crippen molar-refractivity contribution in [1.82, 2.24) is 5.32 Å². The minimum atomic E-state index is -0.358. The molecular weight excluding hydrogens is 431 g/mol. The summed E-state index contributed by atoms with van der Waals surface area (Å²) in [5.74, 6) is 0.764. The highest BCUT2D eigenvalue weighted by atomic mass is 127. The fraction of sp³-hybridized carbons (Fsp3) is 0.278. The van der Waals surface area contributed by atoms with E-state index in [2.05, 4.69) is 27.3 Å². The number of para-hydroxylation sites is 2. The molecule has 0 amide bonds. The van der Waals surface area contributed by atoms with E-state index in [1.54, 1.807) is 18.2 Å². The third kappa shape index (κ3) is 4.28. The number of benzene rings is 2. The lowest BCUT2D eigenvalue weighted by Crippen LogP contribution is -2.40. The Bertz CT molecular complexity index is 779. The van der Waals surface area contributed by atoms with E-state index < -0.39 is 0 Å². The molecular formula is C18H21IN4O2. The predicted molar refractivity (Wildman–Crippen MR) is 111 cm³/mol. The molecule has 1 aliphatic rings. The first kappa shape index (κ1) is 19.2. The maximum Gasteiger partial charge on any atom is 0.274 e. The first-order valence-electron chi connectivity index (χ1n) is 8.06. The zero-order valence-corrected chi connectivity index (χ0v) is 16.3. The van der Waals surface area contributed by atoms with Gasteiger partial charge in [-0.15, -0.1) is 24.0 Å². The van der Waals surface area contributed by atoms with Gasteiger partial charge < -0.3 is 10.2 Å². The van der Waals surface area contributed by atoms with Crippen molar-refractivity contribution in [3.05, 3.63) is 69.8 Å². The summed E-state index contributed by atoms with van der Waals surface area (Å²) < 4.78 is 0. The van der Waals surface area contributed by atoms with Gasteiger partial charge in [0.2, 0.25) is 0 Å². The molecule has 6 nitrogen and oxygen atoms in total. The predicted octanol–water partition coefficient (Wildman–Crippen LogP) is 3.74. The molecule has 1 aliphatic heterocycles. The summed E-state index contributed by atoms with van der Waals surface area (Å²) in [4.78, 5) is 17.6. The number of nitrogens with one attached hydrogen (secondary N) is 1. The van der Waals surface area contributed by atoms with Crippen LogP contribution in [0, 0.1) is 10.1 Å². The molecule has 0 spiro atoms. The second-order valence-corrected chi connectivity index (χ2v) is 5.59. The van der Waals surface area contributed by atoms with Crippen molar-refractivity contribution in [2.45, 2.75) is 19.9 Å². The molecule has 0 bridgehead atoms. The SMILES string of the molecule is CCNC(=NCc1ccccc1[N+](=O)[O-])N1CCc2ccccc21.I. The van der Waals surface area contributed by atoms with Crippen LogP contribution in [0.4, 0.5) is 11.4 Å². The summed E-state index contributed by atoms with van der Waals surface area (Å²) >= 11 is 0. The Morgan fingerprint density at radius 1 is 1.24 bits per heavy atom. The molecule has 1 N–H and O–H groups in total. The second kappa shape index (κ2) is 8.80. The smallest absolute Gasteiger partial charge is 0.274 e. The Morgan fingerprint density at radius 3 is 2.72 bits per heavy atom. The van der Waals surface area contributed by atoms with Gasteiger partial charge in [0.05, 0.1) is 17.0 Å². The summed E-state index contributed by atoms with van der Waals surface area (Å²) in [6.07, 6.45) is 0.978. The number of guanidine groups is 1. The number of aliphatic imine (C=N–C) groups is 1. The van der Waals surface area contributed by atoms with Crippen LogP contribution in [-0.2, 0) is 13.0 Å². The average molecular weight is 452 g/mol. The van der Waals surface area contributed by atoms with Gasteiger partial charge in [-0.1, -0.05) is 36.4 Å². The van der Waals surface area contributed by atoms with Gasteiger partial charge in [-0.2, -0.15) is 0 Å². The van der Waals surface area contributed by atoms with Crippen molar-refractivity contribution >= 4 is 41.3 Å². The van der Waals surface area contributed by atoms with Crippen LogP contribution in [0.15, 0.2) is 53.5 Å². The van der Waals surface area contributed by atoms with E-state index in [1.807, 2.05) is 19.1 Å². The zero-order valence-electron chi connectivity index (χ0n) is 14.0. The van der Waals surface area contributed by atoms with Crippen molar-refractivity contribution in [1.29, 1.82) is 0 Å². The van der Waals surface area contributed by atoms with Gasteiger partial charge in [0.1, 0.15) is 0 Å². The van der Waals surface area contributed by atoms with E-state index in [9.17, 15) is 10.1 Å². The summed E-state index contributed by atoms with van der Waals surface area (Å²) in [5.41, 5.74) is 3.18. The number of hydrogen-bond acceptors (Lipinski definition) is 3. The van der Waals surface area contributed by atoms with E-state index in [-0.39, 0.29) is 41.1 Å². The van der Waals surface area contributed by atoms with Crippen LogP contribution in [0.3, 0.4) is 0 Å². The number of anilines is 1. The Balaban J connectivity index is 0.00000225. The average Bonchev–Trinajstić information content (AvgIpc) is 3.03. The third-order valence-electron chi connectivity index (χ3n) is 4.07. The van der Waals surface area contributed by atoms with Crippen molar-refractivity contribution in [2.75, 3.05) is 18.0 Å². The van der Waals surface area contributed by atoms with Crippen molar-refractivity contribution in [3.8, 4) is 0 Å². The molecule has 1 heterocycles. The molecule has 0 atom stereocenters. The summed E-state index contributed by atoms with van der Waals surface area (Å²) in [6, 6.07) is 15.0. The summed E-state index contributed by atoms with van der Waals surface area (Å²) in [6.45, 7) is 3.90. The number of halogens is 1. The minimum absolute atomic E-state index is 0. The topological polar surface area (TPSA) is 70.8 Å². The van der Waals surface area contributed by atoms with Gasteiger partial charge in [0, 0.05) is 24.8 Å². The normalized spacial score (nSPS) is 13.2. The van der Waals surface area contributed by atoms with Crippen LogP contribution in [0.2, 0.25) is 0 Å². The molecule has 2 aromatic carbocycles. The highest BCUT2D eigenvalue weighted by Crippen LogP contribution is 2.27. The largest absolute Gasteiger partial charge is 0.356 e. The van der Waals surface area contributed by atoms with Gasteiger partial charge >= 0.3 is 0 Å². The highest BCUT2D eigenvalue weighted by Gasteiger charge is 2.22. The van der Waals surface area contributed by atoms with Crippen LogP contribution in [0.25, 0.3) is 0 Å². The molecule has 0 saturated heterocycles. The molecule has 7 heteroatoms. The molecule has 0 saturated carbocycles. The second-order valence-electron chi connectivity index (χ2n) is 5.59. The number of rotatable bonds is 4. The Morgan fingerprint density at radius 2 is 1.96 bits per heavy atom. The molecule has 132 valence electrons. The molecule has 0 aliphatic carbocycles. The van der Waals surface area contributed by atoms with Gasteiger partial charge in [-0.25, -0.2) is 4.99 Å². The molecule has 0 unspecified atom stereocenters. The monoisotopic (exact) mass is 452 g/mol. The zero-order chi connectivity index (χ0) is 16.9. The van der Waals surface area contributed by atoms with Gasteiger partial charge in [-0.3, -0.25) is 10.1 Å². The van der Waals surface area contributed by atoms with E-state index >= 15 is 0 Å². The van der Waals surface area contributed by atoms with E-state index in [1.165, 1.54) is 11.6 Å². The van der Waals surface area contributed by atoms with Crippen LogP contribution in [0.1, 0.15) is 18.1 Å². The van der Waals surface area contributed by atoms with Crippen molar-refractivity contribution < 1.29 is 4.92 Å². The molecule has 3 rings (SSSR count). The van der Waals surface area contributed by atoms with Gasteiger partial charge in [0.15, 0.2) is 5.96 Å². The number of nitrogens with zero attached hydrogens (tertiary/aromatic N) is 3. The lowest BCUT2D eigenvalue weighted by atomic mass is 10.2. The number of nitro benzene ring substituents is 1. The Hall–Kier alpha value is -2.16. The highest BCUT2D eigenvalue weighted by molar-refractivity contribution is 14.0. The summed E-state index contributed by atoms with van der Waals surface area (Å²) in [7, 11) is 0. The Labute approximate surface area is 164 Å². The molecule has 0 fully saturated rings. The van der Waals surface area contributed by atoms with Crippen LogP contribution in [0.5, 0.6) is 0 Å². The fourth-order valence-electron chi connectivity index (χ4n) is 2.94. The van der Waals surface area contributed by atoms with Crippen LogP contribution in [-0.4, -0.2) is 24.0 Å². The third-order valence-corrected chi connectivity index (χ3v) is 4.07. The van der Waals surface area contributed by atoms with Crippen molar-refractivity contribution in [2.24, 2.45) is 4.99 Å². The maximum absolute atomic E-state index is 11.1. The fourth-order valence-corrected chi connectivity index (χ4v) is 2.94. The molecule has 0 aromatic heterocycles. The first-order chi connectivity index (χ1) is 11.7. The van der Waals surface area contributed by atoms with Crippen LogP contribution < -0.4 is 10.2 Å². The van der Waals surface area contributed by atoms with E-state index in [0.29, 0.717) is 5.56 Å². The molecule has 0 radical (unpaired) electrons. The van der Waals surface area contributed by atoms with Crippen LogP contribution >= 0.6 is 24.0 Å². The van der Waals surface area contributed by atoms with E-state index in [0.717, 1.165) is 31.2 Å². The molecule has 25 heavy (non-hydrogen) atoms. The summed E-state index contributed by atoms with van der Waals surface area (Å²) in [5, 5.41) is 14.4. The number of hydrogen-bond donors (Lipinski definition) is 1. The van der Waals surface area contributed by atoms with Gasteiger partial charge in [-0.05, 0) is 25.0 Å². The quantitative estimate of drug-likeness (QED) is 0.252. The minimum Gasteiger partial charge on any atom is -0.356 e. The van der Waals surface area contributed by atoms with E-state index in [4.69, 9.17) is 0 Å². The number of nitro groups is 1. The molecule has 2 aromatic rings. The Kier molecular flexibility index (Phi) is 6.74. The lowest BCUT2D eigenvalue weighted by molar-refractivity contribution is -0.385. The first-order valence-corrected chi connectivity index (χ1v) is 8.06. The number of fused-ring (bicyclic) bond motifs is 1. The standard InChI is InChI=1S/C18H20N4O2.HI/c1-2-19-18(21-12-11-14-7-3-5-9-16(14)21)20-13-15-8-4-6-10-17(15)22(23)24;/h3-10H,2,11-13H2,1H3,(H,19,20);1H.